The molecule has 3 rings (SSSR count). The van der Waals surface area contributed by atoms with E-state index in [0.29, 0.717) is 23.0 Å². The molecule has 0 aliphatic carbocycles. The number of nitrogens with zero attached hydrogens (tertiary/aromatic N) is 2. The molecule has 0 saturated carbocycles. The maximum absolute atomic E-state index is 12.0. The summed E-state index contributed by atoms with van der Waals surface area (Å²) in [6.07, 6.45) is 1.62. The van der Waals surface area contributed by atoms with E-state index in [0.717, 1.165) is 10.1 Å². The van der Waals surface area contributed by atoms with Crippen LogP contribution in [0.15, 0.2) is 35.8 Å². The summed E-state index contributed by atoms with van der Waals surface area (Å²) in [7, 11) is 0. The van der Waals surface area contributed by atoms with Crippen molar-refractivity contribution in [3.8, 4) is 11.3 Å². The minimum atomic E-state index is -0.436. The molecule has 3 aromatic rings. The minimum absolute atomic E-state index is 0.279. The fourth-order valence-electron chi connectivity index (χ4n) is 2.04. The summed E-state index contributed by atoms with van der Waals surface area (Å²) in [5, 5.41) is 3.26. The molecule has 0 spiro atoms. The number of fused-ring (bicyclic) bond motifs is 1. The molecular weight excluding hydrogens is 308 g/mol. The van der Waals surface area contributed by atoms with Gasteiger partial charge in [-0.05, 0) is 36.6 Å². The fraction of sp³-hybridized carbons (Fsp3) is 0.133. The molecular formula is C15H11ClN2O2S. The Bertz CT molecular complexity index is 816. The first-order valence-corrected chi connectivity index (χ1v) is 7.62. The lowest BCUT2D eigenvalue weighted by molar-refractivity contribution is 0.0520. The van der Waals surface area contributed by atoms with Crippen molar-refractivity contribution in [1.29, 1.82) is 0 Å². The van der Waals surface area contributed by atoms with E-state index in [1.807, 2.05) is 17.5 Å². The second-order valence-electron chi connectivity index (χ2n) is 4.25. The molecule has 0 N–H and O–H groups in total. The highest BCUT2D eigenvalue weighted by Crippen LogP contribution is 2.33. The van der Waals surface area contributed by atoms with Crippen LogP contribution in [0.25, 0.3) is 21.3 Å². The third kappa shape index (κ3) is 2.62. The van der Waals surface area contributed by atoms with Crippen LogP contribution in [-0.4, -0.2) is 22.5 Å². The predicted octanol–water partition coefficient (Wildman–Crippen LogP) is 4.19. The molecule has 3 aromatic heterocycles. The van der Waals surface area contributed by atoms with E-state index < -0.39 is 5.97 Å². The number of pyridine rings is 2. The van der Waals surface area contributed by atoms with Crippen LogP contribution in [0.2, 0.25) is 5.15 Å². The van der Waals surface area contributed by atoms with Crippen molar-refractivity contribution in [3.05, 3.63) is 46.7 Å². The van der Waals surface area contributed by atoms with Crippen molar-refractivity contribution in [2.45, 2.75) is 6.92 Å². The zero-order valence-electron chi connectivity index (χ0n) is 11.2. The second kappa shape index (κ2) is 5.79. The Morgan fingerprint density at radius 2 is 2.29 bits per heavy atom. The van der Waals surface area contributed by atoms with Crippen molar-refractivity contribution in [1.82, 2.24) is 9.97 Å². The number of halogens is 1. The standard InChI is InChI=1S/C15H11ClN2O2S/c1-2-20-15(19)11-8-12-9(5-7-21-12)13(18-11)10-4-3-6-17-14(10)16/h3-8H,2H2,1H3. The summed E-state index contributed by atoms with van der Waals surface area (Å²) in [5.41, 5.74) is 1.63. The van der Waals surface area contributed by atoms with E-state index in [1.165, 1.54) is 0 Å². The number of aromatic nitrogens is 2. The summed E-state index contributed by atoms with van der Waals surface area (Å²) in [5.74, 6) is -0.436. The first kappa shape index (κ1) is 14.0. The van der Waals surface area contributed by atoms with Crippen LogP contribution < -0.4 is 0 Å². The van der Waals surface area contributed by atoms with Crippen LogP contribution >= 0.6 is 22.9 Å². The van der Waals surface area contributed by atoms with Crippen molar-refractivity contribution in [2.24, 2.45) is 0 Å². The Labute approximate surface area is 130 Å². The lowest BCUT2D eigenvalue weighted by Gasteiger charge is -2.07. The summed E-state index contributed by atoms with van der Waals surface area (Å²) < 4.78 is 5.99. The monoisotopic (exact) mass is 318 g/mol. The van der Waals surface area contributed by atoms with Crippen LogP contribution in [0.3, 0.4) is 0 Å². The van der Waals surface area contributed by atoms with Crippen LogP contribution in [0, 0.1) is 0 Å². The molecule has 4 nitrogen and oxygen atoms in total. The summed E-state index contributed by atoms with van der Waals surface area (Å²) in [4.78, 5) is 20.5. The third-order valence-electron chi connectivity index (χ3n) is 2.95. The molecule has 0 aliphatic rings. The molecule has 21 heavy (non-hydrogen) atoms. The van der Waals surface area contributed by atoms with E-state index in [4.69, 9.17) is 16.3 Å². The van der Waals surface area contributed by atoms with Crippen molar-refractivity contribution >= 4 is 39.0 Å². The van der Waals surface area contributed by atoms with E-state index in [-0.39, 0.29) is 5.69 Å². The van der Waals surface area contributed by atoms with Crippen LogP contribution in [0.4, 0.5) is 0 Å². The van der Waals surface area contributed by atoms with Gasteiger partial charge in [-0.25, -0.2) is 14.8 Å². The second-order valence-corrected chi connectivity index (χ2v) is 5.56. The highest BCUT2D eigenvalue weighted by molar-refractivity contribution is 7.17. The number of thiophene rings is 1. The topological polar surface area (TPSA) is 52.1 Å². The number of hydrogen-bond donors (Lipinski definition) is 0. The number of esters is 1. The lowest BCUT2D eigenvalue weighted by atomic mass is 10.1. The van der Waals surface area contributed by atoms with Crippen LogP contribution in [0.5, 0.6) is 0 Å². The smallest absolute Gasteiger partial charge is 0.356 e. The quantitative estimate of drug-likeness (QED) is 0.537. The highest BCUT2D eigenvalue weighted by atomic mass is 35.5. The Hall–Kier alpha value is -1.98. The first-order valence-electron chi connectivity index (χ1n) is 6.37. The first-order chi connectivity index (χ1) is 10.2. The fourth-order valence-corrected chi connectivity index (χ4v) is 3.07. The van der Waals surface area contributed by atoms with Crippen molar-refractivity contribution < 1.29 is 9.53 Å². The number of rotatable bonds is 3. The zero-order chi connectivity index (χ0) is 14.8. The molecule has 6 heteroatoms. The Morgan fingerprint density at radius 3 is 3.05 bits per heavy atom. The van der Waals surface area contributed by atoms with Crippen LogP contribution in [0.1, 0.15) is 17.4 Å². The molecule has 0 atom stereocenters. The number of carbonyl (C=O) groups is 1. The molecule has 0 unspecified atom stereocenters. The van der Waals surface area contributed by atoms with Gasteiger partial charge in [-0.1, -0.05) is 11.6 Å². The minimum Gasteiger partial charge on any atom is -0.461 e. The lowest BCUT2D eigenvalue weighted by Crippen LogP contribution is -2.07. The molecule has 0 amide bonds. The van der Waals surface area contributed by atoms with Gasteiger partial charge in [-0.15, -0.1) is 11.3 Å². The van der Waals surface area contributed by atoms with Gasteiger partial charge in [-0.2, -0.15) is 0 Å². The van der Waals surface area contributed by atoms with Gasteiger partial charge in [0.25, 0.3) is 0 Å². The van der Waals surface area contributed by atoms with Gasteiger partial charge in [0.05, 0.1) is 12.3 Å². The Morgan fingerprint density at radius 1 is 1.43 bits per heavy atom. The van der Waals surface area contributed by atoms with Gasteiger partial charge >= 0.3 is 5.97 Å². The van der Waals surface area contributed by atoms with E-state index in [9.17, 15) is 4.79 Å². The summed E-state index contributed by atoms with van der Waals surface area (Å²) >= 11 is 7.70. The van der Waals surface area contributed by atoms with E-state index in [1.54, 1.807) is 36.6 Å². The van der Waals surface area contributed by atoms with Gasteiger partial charge in [0.15, 0.2) is 5.69 Å². The van der Waals surface area contributed by atoms with Gasteiger partial charge in [0, 0.05) is 21.8 Å². The van der Waals surface area contributed by atoms with Gasteiger partial charge in [-0.3, -0.25) is 0 Å². The van der Waals surface area contributed by atoms with Crippen LogP contribution in [-0.2, 0) is 4.74 Å². The molecule has 0 aliphatic heterocycles. The van der Waals surface area contributed by atoms with Gasteiger partial charge in [0.2, 0.25) is 0 Å². The average Bonchev–Trinajstić information content (AvgIpc) is 2.95. The number of carbonyl (C=O) groups excluding carboxylic acids is 1. The maximum Gasteiger partial charge on any atom is 0.356 e. The van der Waals surface area contributed by atoms with Crippen molar-refractivity contribution in [3.63, 3.8) is 0 Å². The predicted molar refractivity (Wildman–Crippen MR) is 83.8 cm³/mol. The summed E-state index contributed by atoms with van der Waals surface area (Å²) in [6, 6.07) is 7.33. The highest BCUT2D eigenvalue weighted by Gasteiger charge is 2.16. The van der Waals surface area contributed by atoms with E-state index in [2.05, 4.69) is 9.97 Å². The average molecular weight is 319 g/mol. The number of hydrogen-bond acceptors (Lipinski definition) is 5. The maximum atomic E-state index is 12.0. The Kier molecular flexibility index (Phi) is 3.86. The van der Waals surface area contributed by atoms with Crippen molar-refractivity contribution in [2.75, 3.05) is 6.61 Å². The molecule has 3 heterocycles. The Balaban J connectivity index is 2.23. The molecule has 0 saturated heterocycles. The molecule has 0 bridgehead atoms. The van der Waals surface area contributed by atoms with E-state index >= 15 is 0 Å². The third-order valence-corrected chi connectivity index (χ3v) is 4.11. The SMILES string of the molecule is CCOC(=O)c1cc2sccc2c(-c2cccnc2Cl)n1. The molecule has 0 aromatic carbocycles. The van der Waals surface area contributed by atoms with Gasteiger partial charge < -0.3 is 4.74 Å². The normalized spacial score (nSPS) is 10.8. The molecule has 106 valence electrons. The molecule has 0 radical (unpaired) electrons. The number of ether oxygens (including phenoxy) is 1. The summed E-state index contributed by atoms with van der Waals surface area (Å²) in [6.45, 7) is 2.08. The van der Waals surface area contributed by atoms with Gasteiger partial charge in [0.1, 0.15) is 5.15 Å². The zero-order valence-corrected chi connectivity index (χ0v) is 12.7. The molecule has 0 fully saturated rings. The largest absolute Gasteiger partial charge is 0.461 e.